The Morgan fingerprint density at radius 3 is 2.35 bits per heavy atom. The van der Waals surface area contributed by atoms with E-state index in [2.05, 4.69) is 40.7 Å². The maximum atomic E-state index is 13.6. The van der Waals surface area contributed by atoms with Crippen LogP contribution in [-0.2, 0) is 6.54 Å². The molecule has 6 nitrogen and oxygen atoms in total. The minimum Gasteiger partial charge on any atom is -0.319 e. The molecule has 0 aliphatic carbocycles. The van der Waals surface area contributed by atoms with Crippen LogP contribution in [0.1, 0.15) is 21.6 Å². The van der Waals surface area contributed by atoms with Gasteiger partial charge in [0, 0.05) is 11.8 Å². The van der Waals surface area contributed by atoms with Crippen LogP contribution >= 0.6 is 0 Å². The molecule has 6 heteroatoms. The lowest BCUT2D eigenvalue weighted by Crippen LogP contribution is -2.13. The predicted molar refractivity (Wildman–Crippen MR) is 147 cm³/mol. The Balaban J connectivity index is 1.31. The molecule has 0 fully saturated rings. The molecule has 4 aromatic carbocycles. The van der Waals surface area contributed by atoms with E-state index in [1.54, 1.807) is 6.20 Å². The number of carbonyl (C=O) groups excluding carboxylic acids is 1. The Morgan fingerprint density at radius 2 is 1.54 bits per heavy atom. The third kappa shape index (κ3) is 4.41. The molecule has 0 spiro atoms. The van der Waals surface area contributed by atoms with Crippen molar-refractivity contribution in [2.24, 2.45) is 0 Å². The van der Waals surface area contributed by atoms with Crippen LogP contribution in [0.3, 0.4) is 0 Å². The molecule has 0 aliphatic rings. The number of nitrogens with zero attached hydrogens (tertiary/aromatic N) is 4. The number of rotatable bonds is 6. The van der Waals surface area contributed by atoms with Gasteiger partial charge in [0.25, 0.3) is 5.91 Å². The van der Waals surface area contributed by atoms with Gasteiger partial charge in [0.15, 0.2) is 0 Å². The van der Waals surface area contributed by atoms with E-state index in [1.165, 1.54) is 16.3 Å². The van der Waals surface area contributed by atoms with Gasteiger partial charge in [-0.15, -0.1) is 0 Å². The van der Waals surface area contributed by atoms with E-state index in [9.17, 15) is 4.79 Å². The van der Waals surface area contributed by atoms with Gasteiger partial charge in [0.1, 0.15) is 5.69 Å². The van der Waals surface area contributed by atoms with Gasteiger partial charge in [-0.25, -0.2) is 4.68 Å². The second kappa shape index (κ2) is 9.59. The second-order valence-corrected chi connectivity index (χ2v) is 8.94. The zero-order chi connectivity index (χ0) is 25.2. The van der Waals surface area contributed by atoms with Crippen LogP contribution in [0.4, 0.5) is 5.69 Å². The normalized spacial score (nSPS) is 11.1. The Hall–Kier alpha value is -4.97. The summed E-state index contributed by atoms with van der Waals surface area (Å²) in [6.07, 6.45) is 3.54. The molecule has 0 unspecified atom stereocenters. The third-order valence-electron chi connectivity index (χ3n) is 6.49. The molecule has 2 heterocycles. The van der Waals surface area contributed by atoms with Gasteiger partial charge in [-0.3, -0.25) is 9.48 Å². The summed E-state index contributed by atoms with van der Waals surface area (Å²) in [5.41, 5.74) is 5.54. The van der Waals surface area contributed by atoms with E-state index in [0.717, 1.165) is 16.9 Å². The Morgan fingerprint density at radius 1 is 0.838 bits per heavy atom. The number of carbonyl (C=O) groups is 1. The van der Waals surface area contributed by atoms with Crippen LogP contribution in [0.5, 0.6) is 0 Å². The molecule has 0 aliphatic heterocycles. The fourth-order valence-electron chi connectivity index (χ4n) is 4.71. The Bertz CT molecular complexity index is 1700. The standard InChI is InChI=1S/C31H25N5O/c1-22-29(30(24-12-4-2-5-13-24)34-36(22)27-16-6-3-7-17-27)31(37)33-26-19-32-35(21-26)20-25-15-10-14-23-11-8-9-18-28(23)25/h2-19,21H,20H2,1H3,(H,33,37). The molecular formula is C31H25N5O. The molecule has 0 saturated heterocycles. The van der Waals surface area contributed by atoms with E-state index >= 15 is 0 Å². The van der Waals surface area contributed by atoms with E-state index in [1.807, 2.05) is 95.3 Å². The summed E-state index contributed by atoms with van der Waals surface area (Å²) in [5, 5.41) is 14.8. The highest BCUT2D eigenvalue weighted by molar-refractivity contribution is 6.09. The smallest absolute Gasteiger partial charge is 0.259 e. The van der Waals surface area contributed by atoms with Crippen LogP contribution in [0.25, 0.3) is 27.7 Å². The maximum absolute atomic E-state index is 13.6. The summed E-state index contributed by atoms with van der Waals surface area (Å²) in [6.45, 7) is 2.53. The van der Waals surface area contributed by atoms with Crippen LogP contribution in [0, 0.1) is 6.92 Å². The maximum Gasteiger partial charge on any atom is 0.259 e. The van der Waals surface area contributed by atoms with Crippen molar-refractivity contribution in [2.75, 3.05) is 5.32 Å². The lowest BCUT2D eigenvalue weighted by molar-refractivity contribution is 0.102. The summed E-state index contributed by atoms with van der Waals surface area (Å²) in [6, 6.07) is 34.2. The van der Waals surface area contributed by atoms with Gasteiger partial charge in [0.05, 0.1) is 35.4 Å². The lowest BCUT2D eigenvalue weighted by Gasteiger charge is -2.07. The van der Waals surface area contributed by atoms with Gasteiger partial charge < -0.3 is 5.32 Å². The number of benzene rings is 4. The molecule has 6 aromatic rings. The van der Waals surface area contributed by atoms with Crippen LogP contribution in [-0.4, -0.2) is 25.5 Å². The van der Waals surface area contributed by atoms with Crippen molar-refractivity contribution in [3.05, 3.63) is 132 Å². The topological polar surface area (TPSA) is 64.7 Å². The average Bonchev–Trinajstić information content (AvgIpc) is 3.53. The van der Waals surface area contributed by atoms with Crippen molar-refractivity contribution >= 4 is 22.4 Å². The van der Waals surface area contributed by atoms with Crippen molar-refractivity contribution in [2.45, 2.75) is 13.5 Å². The van der Waals surface area contributed by atoms with E-state index < -0.39 is 0 Å². The minimum absolute atomic E-state index is 0.219. The third-order valence-corrected chi connectivity index (χ3v) is 6.49. The number of amides is 1. The number of nitrogens with one attached hydrogen (secondary N) is 1. The van der Waals surface area contributed by atoms with Crippen LogP contribution in [0.15, 0.2) is 116 Å². The molecular weight excluding hydrogens is 458 g/mol. The van der Waals surface area contributed by atoms with Gasteiger partial charge in [-0.2, -0.15) is 10.2 Å². The first-order chi connectivity index (χ1) is 18.2. The first kappa shape index (κ1) is 22.5. The molecule has 1 amide bonds. The molecule has 1 N–H and O–H groups in total. The zero-order valence-electron chi connectivity index (χ0n) is 20.4. The number of fused-ring (bicyclic) bond motifs is 1. The molecule has 0 saturated carbocycles. The molecule has 6 rings (SSSR count). The van der Waals surface area contributed by atoms with Gasteiger partial charge in [0.2, 0.25) is 0 Å². The number of hydrogen-bond donors (Lipinski definition) is 1. The highest BCUT2D eigenvalue weighted by Crippen LogP contribution is 2.28. The minimum atomic E-state index is -0.219. The second-order valence-electron chi connectivity index (χ2n) is 8.94. The largest absolute Gasteiger partial charge is 0.319 e. The van der Waals surface area contributed by atoms with E-state index in [-0.39, 0.29) is 5.91 Å². The van der Waals surface area contributed by atoms with Crippen molar-refractivity contribution in [3.63, 3.8) is 0 Å². The summed E-state index contributed by atoms with van der Waals surface area (Å²) in [4.78, 5) is 13.6. The van der Waals surface area contributed by atoms with Crippen LogP contribution in [0.2, 0.25) is 0 Å². The van der Waals surface area contributed by atoms with Crippen molar-refractivity contribution < 1.29 is 4.79 Å². The summed E-state index contributed by atoms with van der Waals surface area (Å²) >= 11 is 0. The number of aromatic nitrogens is 4. The Kier molecular flexibility index (Phi) is 5.83. The van der Waals surface area contributed by atoms with E-state index in [0.29, 0.717) is 23.5 Å². The Labute approximate surface area is 214 Å². The lowest BCUT2D eigenvalue weighted by atomic mass is 10.0. The SMILES string of the molecule is Cc1c(C(=O)Nc2cnn(Cc3cccc4ccccc34)c2)c(-c2ccccc2)nn1-c1ccccc1. The van der Waals surface area contributed by atoms with Gasteiger partial charge in [-0.05, 0) is 35.4 Å². The molecule has 2 aromatic heterocycles. The molecule has 37 heavy (non-hydrogen) atoms. The predicted octanol–water partition coefficient (Wildman–Crippen LogP) is 6.50. The monoisotopic (exact) mass is 483 g/mol. The zero-order valence-corrected chi connectivity index (χ0v) is 20.4. The molecule has 0 bridgehead atoms. The highest BCUT2D eigenvalue weighted by Gasteiger charge is 2.23. The van der Waals surface area contributed by atoms with Crippen molar-refractivity contribution in [1.82, 2.24) is 19.6 Å². The van der Waals surface area contributed by atoms with Crippen molar-refractivity contribution in [3.8, 4) is 16.9 Å². The van der Waals surface area contributed by atoms with Crippen LogP contribution < -0.4 is 5.32 Å². The summed E-state index contributed by atoms with van der Waals surface area (Å²) in [7, 11) is 0. The summed E-state index contributed by atoms with van der Waals surface area (Å²) in [5.74, 6) is -0.219. The molecule has 180 valence electrons. The fourth-order valence-corrected chi connectivity index (χ4v) is 4.71. The quantitative estimate of drug-likeness (QED) is 0.294. The number of anilines is 1. The fraction of sp³-hybridized carbons (Fsp3) is 0.0645. The number of hydrogen-bond acceptors (Lipinski definition) is 3. The van der Waals surface area contributed by atoms with Gasteiger partial charge in [-0.1, -0.05) is 91.0 Å². The van der Waals surface area contributed by atoms with E-state index in [4.69, 9.17) is 5.10 Å². The first-order valence-electron chi connectivity index (χ1n) is 12.2. The summed E-state index contributed by atoms with van der Waals surface area (Å²) < 4.78 is 3.66. The van der Waals surface area contributed by atoms with Gasteiger partial charge >= 0.3 is 0 Å². The highest BCUT2D eigenvalue weighted by atomic mass is 16.1. The number of para-hydroxylation sites is 1. The average molecular weight is 484 g/mol. The molecule has 0 atom stereocenters. The first-order valence-corrected chi connectivity index (χ1v) is 12.2. The van der Waals surface area contributed by atoms with Crippen molar-refractivity contribution in [1.29, 1.82) is 0 Å². The molecule has 0 radical (unpaired) electrons.